The molecular formula is C45H96NO12P2+. The summed E-state index contributed by atoms with van der Waals surface area (Å²) in [6.07, 6.45) is 40.7. The number of rotatable bonds is 45. The van der Waals surface area contributed by atoms with Crippen LogP contribution in [0.3, 0.4) is 0 Å². The van der Waals surface area contributed by atoms with E-state index in [-0.39, 0.29) is 13.2 Å². The van der Waals surface area contributed by atoms with Crippen LogP contribution < -0.4 is 0 Å². The van der Waals surface area contributed by atoms with Crippen molar-refractivity contribution in [1.82, 2.24) is 0 Å². The highest BCUT2D eigenvalue weighted by Crippen LogP contribution is 2.43. The summed E-state index contributed by atoms with van der Waals surface area (Å²) in [5, 5.41) is 16.7. The minimum Gasteiger partial charge on any atom is -0.494 e. The third-order valence-electron chi connectivity index (χ3n) is 10.1. The monoisotopic (exact) mass is 905 g/mol. The lowest BCUT2D eigenvalue weighted by molar-refractivity contribution is -0.870. The molecule has 0 saturated heterocycles. The quantitative estimate of drug-likeness (QED) is 0.0169. The molecule has 0 rings (SSSR count). The van der Waals surface area contributed by atoms with Gasteiger partial charge in [0, 0.05) is 6.61 Å². The molecule has 0 aliphatic carbocycles. The van der Waals surface area contributed by atoms with Gasteiger partial charge in [0.2, 0.25) is 0 Å². The van der Waals surface area contributed by atoms with Gasteiger partial charge in [0.1, 0.15) is 25.4 Å². The Kier molecular flexibility index (Phi) is 45.1. The molecule has 0 aromatic rings. The average molecular weight is 905 g/mol. The molecule has 13 nitrogen and oxygen atoms in total. The lowest BCUT2D eigenvalue weighted by atomic mass is 10.0. The van der Waals surface area contributed by atoms with Crippen LogP contribution >= 0.6 is 15.6 Å². The second-order valence-corrected chi connectivity index (χ2v) is 20.1. The fourth-order valence-corrected chi connectivity index (χ4v) is 7.42. The lowest BCUT2D eigenvalue weighted by Crippen LogP contribution is -2.37. The van der Waals surface area contributed by atoms with Crippen molar-refractivity contribution in [1.29, 1.82) is 0 Å². The van der Waals surface area contributed by atoms with E-state index in [0.29, 0.717) is 24.2 Å². The summed E-state index contributed by atoms with van der Waals surface area (Å²) in [6, 6.07) is 0. The molecule has 362 valence electrons. The maximum atomic E-state index is 12.5. The van der Waals surface area contributed by atoms with Crippen LogP contribution in [0.4, 0.5) is 0 Å². The maximum Gasteiger partial charge on any atom is 0.472 e. The molecule has 0 radical (unpaired) electrons. The normalized spacial score (nSPS) is 14.2. The second-order valence-electron chi connectivity index (χ2n) is 17.4. The molecule has 3 atom stereocenters. The number of hydrogen-bond donors (Lipinski definition) is 5. The number of nitrogens with zero attached hydrogens (tertiary/aromatic N) is 1. The van der Waals surface area contributed by atoms with Crippen LogP contribution in [0.5, 0.6) is 0 Å². The minimum absolute atomic E-state index is 0.0555. The highest BCUT2D eigenvalue weighted by Gasteiger charge is 2.25. The summed E-state index contributed by atoms with van der Waals surface area (Å²) >= 11 is 0. The van der Waals surface area contributed by atoms with Gasteiger partial charge in [-0.05, 0) is 25.3 Å². The topological polar surface area (TPSA) is 181 Å². The number of phosphoric acid groups is 2. The molecule has 0 fully saturated rings. The van der Waals surface area contributed by atoms with Gasteiger partial charge in [0.05, 0.1) is 53.8 Å². The van der Waals surface area contributed by atoms with Crippen molar-refractivity contribution in [3.8, 4) is 0 Å². The molecule has 0 saturated carbocycles. The van der Waals surface area contributed by atoms with Gasteiger partial charge in [-0.2, -0.15) is 0 Å². The van der Waals surface area contributed by atoms with Gasteiger partial charge in [-0.1, -0.05) is 181 Å². The van der Waals surface area contributed by atoms with E-state index in [9.17, 15) is 14.0 Å². The van der Waals surface area contributed by atoms with E-state index < -0.39 is 41.1 Å². The highest BCUT2D eigenvalue weighted by molar-refractivity contribution is 7.47. The molecule has 0 aliphatic rings. The van der Waals surface area contributed by atoms with Crippen molar-refractivity contribution in [3.05, 3.63) is 12.3 Å². The number of aliphatic hydroxyl groups is 2. The van der Waals surface area contributed by atoms with Gasteiger partial charge in [0.25, 0.3) is 0 Å². The SMILES string of the molecule is CCCCCCCCCCCCCCCCC=CO[C@H](COCCCCCCCCCCCCCCCC)COP(=O)(O)OCC[N+](C)(C)C.O=P(O)(O)OC[C@H](O)CO. The highest BCUT2D eigenvalue weighted by atomic mass is 31.2. The van der Waals surface area contributed by atoms with Gasteiger partial charge in [0.15, 0.2) is 0 Å². The summed E-state index contributed by atoms with van der Waals surface area (Å²) < 4.78 is 49.2. The molecule has 0 aromatic heterocycles. The lowest BCUT2D eigenvalue weighted by Gasteiger charge is -2.24. The molecule has 15 heteroatoms. The first kappa shape index (κ1) is 61.7. The Labute approximate surface area is 368 Å². The van der Waals surface area contributed by atoms with E-state index >= 15 is 0 Å². The third-order valence-corrected chi connectivity index (χ3v) is 11.6. The molecule has 60 heavy (non-hydrogen) atoms. The van der Waals surface area contributed by atoms with Crippen LogP contribution in [0.15, 0.2) is 12.3 Å². The van der Waals surface area contributed by atoms with Gasteiger partial charge in [-0.15, -0.1) is 0 Å². The molecule has 1 unspecified atom stereocenters. The minimum atomic E-state index is -4.50. The Morgan fingerprint density at radius 3 is 1.35 bits per heavy atom. The van der Waals surface area contributed by atoms with Gasteiger partial charge in [-0.25, -0.2) is 9.13 Å². The zero-order valence-corrected chi connectivity index (χ0v) is 41.0. The first-order valence-corrected chi connectivity index (χ1v) is 27.0. The van der Waals surface area contributed by atoms with E-state index in [1.54, 1.807) is 6.26 Å². The average Bonchev–Trinajstić information content (AvgIpc) is 3.19. The van der Waals surface area contributed by atoms with Crippen molar-refractivity contribution in [2.24, 2.45) is 0 Å². The maximum absolute atomic E-state index is 12.5. The van der Waals surface area contributed by atoms with Crippen LogP contribution in [0.25, 0.3) is 0 Å². The van der Waals surface area contributed by atoms with Crippen molar-refractivity contribution in [2.45, 2.75) is 212 Å². The molecule has 0 spiro atoms. The van der Waals surface area contributed by atoms with Crippen molar-refractivity contribution < 1.29 is 61.6 Å². The van der Waals surface area contributed by atoms with E-state index in [1.165, 1.54) is 167 Å². The van der Waals surface area contributed by atoms with Crippen LogP contribution in [-0.4, -0.2) is 109 Å². The standard InChI is InChI=1S/C42H86NO6P.C3H9O6P/c1-6-8-10-12-14-16-18-20-22-23-25-27-29-31-33-35-38-47-42(41-49-50(44,45)48-39-36-43(3,4)5)40-46-37-34-32-30-28-26-24-21-19-17-15-13-11-9-7-2;4-1-3(5)2-9-10(6,7)8/h35,38,42H,6-34,36-37,39-41H2,1-5H3;3-5H,1-2H2,(H2,6,7,8)/p+1/t42-;3-/m11/s1. The number of likely N-dealkylation sites (N-methyl/N-ethyl adjacent to an activating group) is 1. The number of allylic oxidation sites excluding steroid dienone is 1. The fourth-order valence-electron chi connectivity index (χ4n) is 6.31. The molecule has 0 aromatic carbocycles. The Hall–Kier alpha value is -0.400. The van der Waals surface area contributed by atoms with E-state index in [0.717, 1.165) is 19.3 Å². The summed E-state index contributed by atoms with van der Waals surface area (Å²) in [5.74, 6) is 0. The van der Waals surface area contributed by atoms with Crippen molar-refractivity contribution in [3.63, 3.8) is 0 Å². The molecule has 5 N–H and O–H groups in total. The summed E-state index contributed by atoms with van der Waals surface area (Å²) in [4.78, 5) is 26.3. The smallest absolute Gasteiger partial charge is 0.472 e. The zero-order chi connectivity index (χ0) is 45.1. The summed E-state index contributed by atoms with van der Waals surface area (Å²) in [5.41, 5.74) is 0. The van der Waals surface area contributed by atoms with Crippen LogP contribution in [0.2, 0.25) is 0 Å². The second kappa shape index (κ2) is 43.8. The Morgan fingerprint density at radius 2 is 0.950 bits per heavy atom. The van der Waals surface area contributed by atoms with Gasteiger partial charge in [-0.3, -0.25) is 13.6 Å². The molecule has 0 heterocycles. The van der Waals surface area contributed by atoms with Crippen LogP contribution in [-0.2, 0) is 32.2 Å². The number of hydrogen-bond acceptors (Lipinski definition) is 9. The molecule has 0 bridgehead atoms. The molecular weight excluding hydrogens is 808 g/mol. The van der Waals surface area contributed by atoms with E-state index in [1.807, 2.05) is 21.1 Å². The Bertz CT molecular complexity index is 1010. The summed E-state index contributed by atoms with van der Waals surface area (Å²) in [7, 11) is -2.63. The first-order chi connectivity index (χ1) is 28.7. The third kappa shape index (κ3) is 53.7. The number of aliphatic hydroxyl groups excluding tert-OH is 2. The Balaban J connectivity index is 0. The van der Waals surface area contributed by atoms with E-state index in [2.05, 4.69) is 24.4 Å². The number of quaternary nitrogens is 1. The number of phosphoric ester groups is 2. The van der Waals surface area contributed by atoms with Gasteiger partial charge < -0.3 is 38.9 Å². The number of ether oxygens (including phenoxy) is 2. The predicted molar refractivity (Wildman–Crippen MR) is 246 cm³/mol. The molecule has 0 amide bonds. The zero-order valence-electron chi connectivity index (χ0n) is 39.2. The van der Waals surface area contributed by atoms with Crippen LogP contribution in [0, 0.1) is 0 Å². The Morgan fingerprint density at radius 1 is 0.533 bits per heavy atom. The van der Waals surface area contributed by atoms with E-state index in [4.69, 9.17) is 38.5 Å². The predicted octanol–water partition coefficient (Wildman–Crippen LogP) is 11.5. The van der Waals surface area contributed by atoms with Gasteiger partial charge >= 0.3 is 15.6 Å². The van der Waals surface area contributed by atoms with Crippen molar-refractivity contribution in [2.75, 3.05) is 67.3 Å². The van der Waals surface area contributed by atoms with Crippen LogP contribution in [0.1, 0.15) is 200 Å². The van der Waals surface area contributed by atoms with Crippen molar-refractivity contribution >= 4 is 15.6 Å². The molecule has 0 aliphatic heterocycles. The fraction of sp³-hybridized carbons (Fsp3) is 0.956. The largest absolute Gasteiger partial charge is 0.494 e. The first-order valence-electron chi connectivity index (χ1n) is 23.9. The summed E-state index contributed by atoms with van der Waals surface area (Å²) in [6.45, 7) is 5.10. The number of unbranched alkanes of at least 4 members (excludes halogenated alkanes) is 27.